The van der Waals surface area contributed by atoms with E-state index in [0.717, 1.165) is 17.5 Å². The molecule has 0 spiro atoms. The lowest BCUT2D eigenvalue weighted by molar-refractivity contribution is 0.378. The van der Waals surface area contributed by atoms with Crippen molar-refractivity contribution in [2.24, 2.45) is 0 Å². The molecular weight excluding hydrogens is 188 g/mol. The van der Waals surface area contributed by atoms with E-state index in [4.69, 9.17) is 4.74 Å². The molecule has 0 saturated heterocycles. The van der Waals surface area contributed by atoms with Crippen molar-refractivity contribution in [2.75, 3.05) is 6.23 Å². The highest BCUT2D eigenvalue weighted by Crippen LogP contribution is 2.14. The summed E-state index contributed by atoms with van der Waals surface area (Å²) in [5.41, 5.74) is 1.13. The first-order chi connectivity index (χ1) is 6.51. The maximum absolute atomic E-state index is 5.70. The van der Waals surface area contributed by atoms with Gasteiger partial charge in [-0.2, -0.15) is 0 Å². The van der Waals surface area contributed by atoms with Crippen molar-refractivity contribution in [3.8, 4) is 5.75 Å². The highest BCUT2D eigenvalue weighted by atomic mass is 28.3. The highest BCUT2D eigenvalue weighted by molar-refractivity contribution is 6.76. The molecular formula is C12H18OSi. The fourth-order valence-corrected chi connectivity index (χ4v) is 1.60. The van der Waals surface area contributed by atoms with E-state index in [1.807, 2.05) is 30.3 Å². The lowest BCUT2D eigenvalue weighted by Crippen LogP contribution is -2.29. The third kappa shape index (κ3) is 3.79. The minimum atomic E-state index is -1.10. The summed E-state index contributed by atoms with van der Waals surface area (Å²) >= 11 is 0. The molecule has 0 fully saturated rings. The van der Waals surface area contributed by atoms with Crippen LogP contribution in [-0.2, 0) is 0 Å². The Kier molecular flexibility index (Phi) is 3.53. The molecule has 0 aliphatic carbocycles. The summed E-state index contributed by atoms with van der Waals surface area (Å²) in [5, 5.41) is 0. The van der Waals surface area contributed by atoms with Gasteiger partial charge in [-0.3, -0.25) is 0 Å². The van der Waals surface area contributed by atoms with Crippen molar-refractivity contribution in [1.29, 1.82) is 0 Å². The number of hydrogen-bond acceptors (Lipinski definition) is 1. The number of hydrogen-bond donors (Lipinski definition) is 0. The summed E-state index contributed by atoms with van der Waals surface area (Å²) in [5.74, 6) is 0.957. The van der Waals surface area contributed by atoms with Gasteiger partial charge in [-0.1, -0.05) is 44.4 Å². The summed E-state index contributed by atoms with van der Waals surface area (Å²) in [7, 11) is -1.10. The highest BCUT2D eigenvalue weighted by Gasteiger charge is 2.13. The Bertz CT molecular complexity index is 295. The Labute approximate surface area is 87.4 Å². The molecule has 1 aromatic carbocycles. The molecule has 0 bridgehead atoms. The molecule has 0 aliphatic heterocycles. The zero-order chi connectivity index (χ0) is 10.6. The maximum atomic E-state index is 5.70. The van der Waals surface area contributed by atoms with Gasteiger partial charge in [0.25, 0.3) is 0 Å². The third-order valence-corrected chi connectivity index (χ3v) is 2.80. The first kappa shape index (κ1) is 11.1. The van der Waals surface area contributed by atoms with Gasteiger partial charge in [-0.25, -0.2) is 0 Å². The van der Waals surface area contributed by atoms with Crippen molar-refractivity contribution >= 4 is 14.1 Å². The molecule has 1 nitrogen and oxygen atoms in total. The Balaban J connectivity index is 2.56. The van der Waals surface area contributed by atoms with E-state index in [-0.39, 0.29) is 0 Å². The van der Waals surface area contributed by atoms with Crippen LogP contribution in [0.15, 0.2) is 30.8 Å². The van der Waals surface area contributed by atoms with Gasteiger partial charge in [-0.15, -0.1) is 0 Å². The third-order valence-electron chi connectivity index (χ3n) is 1.79. The van der Waals surface area contributed by atoms with Crippen LogP contribution in [0.2, 0.25) is 19.6 Å². The molecule has 2 heteroatoms. The van der Waals surface area contributed by atoms with Crippen LogP contribution in [0.25, 0.3) is 6.08 Å². The van der Waals surface area contributed by atoms with Crippen molar-refractivity contribution in [3.05, 3.63) is 36.4 Å². The Morgan fingerprint density at radius 1 is 1.21 bits per heavy atom. The standard InChI is InChI=1S/C12H18OSi/c1-5-11-6-8-12(9-7-11)13-10-14(2,3)4/h5-9H,1,10H2,2-4H3. The fraction of sp³-hybridized carbons (Fsp3) is 0.333. The average Bonchev–Trinajstić information content (AvgIpc) is 2.14. The number of benzene rings is 1. The van der Waals surface area contributed by atoms with E-state index in [9.17, 15) is 0 Å². The molecule has 0 N–H and O–H groups in total. The summed E-state index contributed by atoms with van der Waals surface area (Å²) < 4.78 is 5.70. The van der Waals surface area contributed by atoms with Crippen molar-refractivity contribution < 1.29 is 4.74 Å². The van der Waals surface area contributed by atoms with Gasteiger partial charge in [0.2, 0.25) is 0 Å². The molecule has 76 valence electrons. The van der Waals surface area contributed by atoms with Gasteiger partial charge in [0, 0.05) is 0 Å². The fourth-order valence-electron chi connectivity index (χ4n) is 1.000. The SMILES string of the molecule is C=Cc1ccc(OC[Si](C)(C)C)cc1. The normalized spacial score (nSPS) is 11.1. The molecule has 0 amide bonds. The zero-order valence-electron chi connectivity index (χ0n) is 9.21. The van der Waals surface area contributed by atoms with E-state index < -0.39 is 8.07 Å². The molecule has 0 unspecified atom stereocenters. The van der Waals surface area contributed by atoms with Crippen LogP contribution in [0.5, 0.6) is 5.75 Å². The van der Waals surface area contributed by atoms with E-state index >= 15 is 0 Å². The zero-order valence-corrected chi connectivity index (χ0v) is 10.2. The topological polar surface area (TPSA) is 9.23 Å². The second kappa shape index (κ2) is 4.47. The first-order valence-electron chi connectivity index (χ1n) is 4.86. The first-order valence-corrected chi connectivity index (χ1v) is 8.57. The van der Waals surface area contributed by atoms with Crippen molar-refractivity contribution in [3.63, 3.8) is 0 Å². The van der Waals surface area contributed by atoms with Crippen LogP contribution in [0, 0.1) is 0 Å². The van der Waals surface area contributed by atoms with Gasteiger partial charge < -0.3 is 4.74 Å². The summed E-state index contributed by atoms with van der Waals surface area (Å²) in [6.07, 6.45) is 2.71. The quantitative estimate of drug-likeness (QED) is 0.684. The summed E-state index contributed by atoms with van der Waals surface area (Å²) in [4.78, 5) is 0. The molecule has 1 aromatic rings. The largest absolute Gasteiger partial charge is 0.497 e. The van der Waals surface area contributed by atoms with Gasteiger partial charge >= 0.3 is 0 Å². The minimum absolute atomic E-state index is 0.875. The molecule has 0 saturated carbocycles. The summed E-state index contributed by atoms with van der Waals surface area (Å²) in [6.45, 7) is 10.6. The predicted octanol–water partition coefficient (Wildman–Crippen LogP) is 3.59. The van der Waals surface area contributed by atoms with Crippen LogP contribution in [0.1, 0.15) is 5.56 Å². The van der Waals surface area contributed by atoms with Crippen LogP contribution in [0.3, 0.4) is 0 Å². The lowest BCUT2D eigenvalue weighted by atomic mass is 10.2. The van der Waals surface area contributed by atoms with Crippen LogP contribution < -0.4 is 4.74 Å². The predicted molar refractivity (Wildman–Crippen MR) is 65.4 cm³/mol. The van der Waals surface area contributed by atoms with Gasteiger partial charge in [-0.05, 0) is 17.7 Å². The molecule has 0 aromatic heterocycles. The van der Waals surface area contributed by atoms with Gasteiger partial charge in [0.15, 0.2) is 0 Å². The van der Waals surface area contributed by atoms with Crippen LogP contribution in [0.4, 0.5) is 0 Å². The second-order valence-corrected chi connectivity index (χ2v) is 10.0. The summed E-state index contributed by atoms with van der Waals surface area (Å²) in [6, 6.07) is 8.04. The molecule has 0 heterocycles. The Hall–Kier alpha value is -1.02. The molecule has 0 aliphatic rings. The van der Waals surface area contributed by atoms with E-state index in [0.29, 0.717) is 0 Å². The maximum Gasteiger partial charge on any atom is 0.118 e. The van der Waals surface area contributed by atoms with Crippen LogP contribution in [-0.4, -0.2) is 14.3 Å². The van der Waals surface area contributed by atoms with E-state index in [1.54, 1.807) is 0 Å². The molecule has 0 atom stereocenters. The van der Waals surface area contributed by atoms with Gasteiger partial charge in [0.1, 0.15) is 5.75 Å². The Morgan fingerprint density at radius 2 is 1.79 bits per heavy atom. The minimum Gasteiger partial charge on any atom is -0.497 e. The van der Waals surface area contributed by atoms with Crippen LogP contribution >= 0.6 is 0 Å². The van der Waals surface area contributed by atoms with Crippen molar-refractivity contribution in [1.82, 2.24) is 0 Å². The number of rotatable bonds is 4. The molecule has 0 radical (unpaired) electrons. The Morgan fingerprint density at radius 3 is 2.21 bits per heavy atom. The van der Waals surface area contributed by atoms with Gasteiger partial charge in [0.05, 0.1) is 14.3 Å². The molecule has 1 rings (SSSR count). The van der Waals surface area contributed by atoms with Crippen molar-refractivity contribution in [2.45, 2.75) is 19.6 Å². The van der Waals surface area contributed by atoms with E-state index in [1.165, 1.54) is 0 Å². The second-order valence-electron chi connectivity index (χ2n) is 4.62. The monoisotopic (exact) mass is 206 g/mol. The molecule has 14 heavy (non-hydrogen) atoms. The lowest BCUT2D eigenvalue weighted by Gasteiger charge is -2.16. The number of ether oxygens (including phenoxy) is 1. The van der Waals surface area contributed by atoms with E-state index in [2.05, 4.69) is 26.2 Å². The average molecular weight is 206 g/mol. The smallest absolute Gasteiger partial charge is 0.118 e.